The molecule has 0 aliphatic rings. The quantitative estimate of drug-likeness (QED) is 0.687. The van der Waals surface area contributed by atoms with Gasteiger partial charge in [0, 0.05) is 6.20 Å². The van der Waals surface area contributed by atoms with Gasteiger partial charge in [-0.2, -0.15) is 0 Å². The number of hydrogen-bond donors (Lipinski definition) is 0. The van der Waals surface area contributed by atoms with E-state index >= 15 is 0 Å². The second kappa shape index (κ2) is 4.79. The number of rotatable bonds is 4. The third-order valence-electron chi connectivity index (χ3n) is 2.42. The number of nitrogens with zero attached hydrogens (tertiary/aromatic N) is 1. The van der Waals surface area contributed by atoms with Crippen molar-refractivity contribution in [2.75, 3.05) is 0 Å². The van der Waals surface area contributed by atoms with E-state index < -0.39 is 0 Å². The number of hydrogen-bond acceptors (Lipinski definition) is 1. The third-order valence-corrected chi connectivity index (χ3v) is 3.03. The fourth-order valence-corrected chi connectivity index (χ4v) is 2.13. The van der Waals surface area contributed by atoms with Crippen LogP contribution in [-0.4, -0.2) is 4.98 Å². The first kappa shape index (κ1) is 11.5. The van der Waals surface area contributed by atoms with Crippen molar-refractivity contribution in [3.8, 4) is 0 Å². The Hall–Kier alpha value is -0.560. The lowest BCUT2D eigenvalue weighted by Crippen LogP contribution is -2.21. The number of alkyl halides is 1. The molecule has 1 atom stereocenters. The Morgan fingerprint density at radius 3 is 2.57 bits per heavy atom. The summed E-state index contributed by atoms with van der Waals surface area (Å²) in [5, 5.41) is 0. The Balaban J connectivity index is 2.90. The maximum atomic E-state index is 6.58. The molecule has 0 spiro atoms. The molecule has 0 amide bonds. The zero-order valence-corrected chi connectivity index (χ0v) is 9.88. The topological polar surface area (TPSA) is 12.9 Å². The van der Waals surface area contributed by atoms with E-state index in [1.54, 1.807) is 0 Å². The molecule has 1 unspecified atom stereocenters. The molecule has 78 valence electrons. The summed E-state index contributed by atoms with van der Waals surface area (Å²) in [7, 11) is 0. The molecule has 14 heavy (non-hydrogen) atoms. The molecular weight excluding hydrogens is 194 g/mol. The van der Waals surface area contributed by atoms with Gasteiger partial charge in [0.1, 0.15) is 0 Å². The first-order valence-electron chi connectivity index (χ1n) is 5.19. The molecule has 0 aliphatic heterocycles. The molecule has 0 aliphatic carbocycles. The zero-order chi connectivity index (χ0) is 10.6. The highest BCUT2D eigenvalue weighted by atomic mass is 35.5. The van der Waals surface area contributed by atoms with E-state index in [2.05, 4.69) is 25.8 Å². The largest absolute Gasteiger partial charge is 0.259 e. The lowest BCUT2D eigenvalue weighted by Gasteiger charge is -2.26. The van der Waals surface area contributed by atoms with Crippen LogP contribution in [0.1, 0.15) is 39.3 Å². The number of halogens is 1. The van der Waals surface area contributed by atoms with Gasteiger partial charge >= 0.3 is 0 Å². The summed E-state index contributed by atoms with van der Waals surface area (Å²) in [6.07, 6.45) is 3.70. The van der Waals surface area contributed by atoms with Gasteiger partial charge < -0.3 is 0 Å². The van der Waals surface area contributed by atoms with Crippen molar-refractivity contribution >= 4 is 11.6 Å². The Morgan fingerprint density at radius 1 is 1.43 bits per heavy atom. The fraction of sp³-hybridized carbons (Fsp3) is 0.583. The SMILES string of the molecule is CCC(Cl)(CC(C)C)c1ccccn1. The molecule has 0 aromatic carbocycles. The lowest BCUT2D eigenvalue weighted by molar-refractivity contribution is 0.435. The Kier molecular flexibility index (Phi) is 3.94. The lowest BCUT2D eigenvalue weighted by atomic mass is 9.90. The van der Waals surface area contributed by atoms with Gasteiger partial charge in [0.2, 0.25) is 0 Å². The summed E-state index contributed by atoms with van der Waals surface area (Å²) < 4.78 is 0. The maximum absolute atomic E-state index is 6.58. The van der Waals surface area contributed by atoms with Crippen LogP contribution in [0.3, 0.4) is 0 Å². The minimum Gasteiger partial charge on any atom is -0.259 e. The van der Waals surface area contributed by atoms with E-state index in [1.165, 1.54) is 0 Å². The molecule has 1 nitrogen and oxygen atoms in total. The van der Waals surface area contributed by atoms with Crippen LogP contribution in [0, 0.1) is 5.92 Å². The van der Waals surface area contributed by atoms with Crippen LogP contribution in [0.2, 0.25) is 0 Å². The van der Waals surface area contributed by atoms with Crippen molar-refractivity contribution in [2.45, 2.75) is 38.5 Å². The summed E-state index contributed by atoms with van der Waals surface area (Å²) in [4.78, 5) is 4.06. The fourth-order valence-electron chi connectivity index (χ4n) is 1.70. The minimum atomic E-state index is -0.282. The maximum Gasteiger partial charge on any atom is 0.0865 e. The Morgan fingerprint density at radius 2 is 2.14 bits per heavy atom. The molecule has 0 radical (unpaired) electrons. The normalized spacial score (nSPS) is 15.5. The van der Waals surface area contributed by atoms with Crippen LogP contribution < -0.4 is 0 Å². The summed E-state index contributed by atoms with van der Waals surface area (Å²) >= 11 is 6.58. The standard InChI is InChI=1S/C12H18ClN/c1-4-12(13,9-10(2)3)11-7-5-6-8-14-11/h5-8,10H,4,9H2,1-3H3. The minimum absolute atomic E-state index is 0.282. The van der Waals surface area contributed by atoms with Crippen molar-refractivity contribution in [3.05, 3.63) is 30.1 Å². The van der Waals surface area contributed by atoms with Gasteiger partial charge in [-0.25, -0.2) is 0 Å². The molecule has 2 heteroatoms. The highest BCUT2D eigenvalue weighted by Gasteiger charge is 2.29. The highest BCUT2D eigenvalue weighted by molar-refractivity contribution is 6.23. The molecule has 1 aromatic rings. The Bertz CT molecular complexity index is 271. The van der Waals surface area contributed by atoms with Crippen LogP contribution in [0.4, 0.5) is 0 Å². The van der Waals surface area contributed by atoms with Crippen molar-refractivity contribution in [3.63, 3.8) is 0 Å². The summed E-state index contributed by atoms with van der Waals surface area (Å²) in [5.74, 6) is 0.592. The van der Waals surface area contributed by atoms with Gasteiger partial charge in [-0.1, -0.05) is 26.8 Å². The van der Waals surface area contributed by atoms with Gasteiger partial charge in [-0.05, 0) is 30.9 Å². The van der Waals surface area contributed by atoms with Crippen LogP contribution >= 0.6 is 11.6 Å². The van der Waals surface area contributed by atoms with Gasteiger partial charge in [0.15, 0.2) is 0 Å². The van der Waals surface area contributed by atoms with Crippen molar-refractivity contribution in [1.29, 1.82) is 0 Å². The van der Waals surface area contributed by atoms with Gasteiger partial charge in [-0.15, -0.1) is 11.6 Å². The van der Waals surface area contributed by atoms with Crippen LogP contribution in [0.15, 0.2) is 24.4 Å². The molecule has 0 bridgehead atoms. The molecular formula is C12H18ClN. The third kappa shape index (κ3) is 2.71. The summed E-state index contributed by atoms with van der Waals surface area (Å²) in [6.45, 7) is 6.50. The Labute approximate surface area is 91.5 Å². The highest BCUT2D eigenvalue weighted by Crippen LogP contribution is 2.37. The molecule has 1 rings (SSSR count). The monoisotopic (exact) mass is 211 g/mol. The molecule has 0 N–H and O–H groups in total. The van der Waals surface area contributed by atoms with E-state index in [1.807, 2.05) is 24.4 Å². The molecule has 0 fully saturated rings. The van der Waals surface area contributed by atoms with E-state index in [0.29, 0.717) is 5.92 Å². The summed E-state index contributed by atoms with van der Waals surface area (Å²) in [6, 6.07) is 5.93. The predicted molar refractivity (Wildman–Crippen MR) is 61.5 cm³/mol. The number of aromatic nitrogens is 1. The first-order chi connectivity index (χ1) is 6.58. The van der Waals surface area contributed by atoms with E-state index in [0.717, 1.165) is 18.5 Å². The van der Waals surface area contributed by atoms with Gasteiger partial charge in [-0.3, -0.25) is 4.98 Å². The van der Waals surface area contributed by atoms with E-state index in [9.17, 15) is 0 Å². The second-order valence-electron chi connectivity index (χ2n) is 4.13. The smallest absolute Gasteiger partial charge is 0.0865 e. The molecule has 0 saturated heterocycles. The van der Waals surface area contributed by atoms with E-state index in [-0.39, 0.29) is 4.87 Å². The molecule has 1 aromatic heterocycles. The van der Waals surface area contributed by atoms with Crippen molar-refractivity contribution in [2.24, 2.45) is 5.92 Å². The van der Waals surface area contributed by atoms with E-state index in [4.69, 9.17) is 11.6 Å². The van der Waals surface area contributed by atoms with Crippen molar-refractivity contribution < 1.29 is 0 Å². The summed E-state index contributed by atoms with van der Waals surface area (Å²) in [5.41, 5.74) is 0.998. The average Bonchev–Trinajstić information content (AvgIpc) is 2.18. The van der Waals surface area contributed by atoms with Crippen LogP contribution in [0.5, 0.6) is 0 Å². The van der Waals surface area contributed by atoms with Crippen molar-refractivity contribution in [1.82, 2.24) is 4.98 Å². The average molecular weight is 212 g/mol. The second-order valence-corrected chi connectivity index (χ2v) is 4.86. The number of pyridine rings is 1. The van der Waals surface area contributed by atoms with Gasteiger partial charge in [0.25, 0.3) is 0 Å². The van der Waals surface area contributed by atoms with Crippen LogP contribution in [-0.2, 0) is 4.87 Å². The zero-order valence-electron chi connectivity index (χ0n) is 9.13. The van der Waals surface area contributed by atoms with Gasteiger partial charge in [0.05, 0.1) is 10.6 Å². The predicted octanol–water partition coefficient (Wildman–Crippen LogP) is 3.97. The first-order valence-corrected chi connectivity index (χ1v) is 5.56. The molecule has 1 heterocycles. The van der Waals surface area contributed by atoms with Crippen LogP contribution in [0.25, 0.3) is 0 Å². The molecule has 0 saturated carbocycles.